The summed E-state index contributed by atoms with van der Waals surface area (Å²) < 4.78 is 7.28. The number of piperidine rings is 1. The number of ether oxygens (including phenoxy) is 1. The zero-order chi connectivity index (χ0) is 13.5. The number of nitrogens with one attached hydrogen (secondary N) is 1. The predicted molar refractivity (Wildman–Crippen MR) is 77.6 cm³/mol. The Morgan fingerprint density at radius 3 is 2.89 bits per heavy atom. The summed E-state index contributed by atoms with van der Waals surface area (Å²) >= 11 is 0. The summed E-state index contributed by atoms with van der Waals surface area (Å²) in [7, 11) is 1.72. The molecule has 1 atom stereocenters. The molecule has 0 aliphatic carbocycles. The number of aromatic nitrogens is 2. The lowest BCUT2D eigenvalue weighted by Gasteiger charge is -2.30. The molecular formula is C14H26N4O. The van der Waals surface area contributed by atoms with Crippen molar-refractivity contribution in [2.24, 2.45) is 0 Å². The van der Waals surface area contributed by atoms with Gasteiger partial charge < -0.3 is 19.5 Å². The van der Waals surface area contributed by atoms with Crippen molar-refractivity contribution in [2.45, 2.75) is 32.2 Å². The minimum Gasteiger partial charge on any atom is -0.383 e. The van der Waals surface area contributed by atoms with Crippen LogP contribution in [0.2, 0.25) is 0 Å². The molecule has 1 aromatic heterocycles. The van der Waals surface area contributed by atoms with Gasteiger partial charge in [-0.05, 0) is 32.9 Å². The van der Waals surface area contributed by atoms with Gasteiger partial charge >= 0.3 is 0 Å². The lowest BCUT2D eigenvalue weighted by molar-refractivity contribution is 0.201. The molecule has 1 N–H and O–H groups in total. The molecule has 0 aromatic carbocycles. The second kappa shape index (κ2) is 7.50. The number of methoxy groups -OCH3 is 1. The SMILES string of the molecule is COCCNc1nccn1C(C)CN1CCCCC1. The van der Waals surface area contributed by atoms with Crippen LogP contribution in [0.1, 0.15) is 32.2 Å². The van der Waals surface area contributed by atoms with Crippen LogP contribution in [0.3, 0.4) is 0 Å². The fourth-order valence-corrected chi connectivity index (χ4v) is 2.67. The normalized spacial score (nSPS) is 18.4. The van der Waals surface area contributed by atoms with Crippen LogP contribution in [0, 0.1) is 0 Å². The molecule has 19 heavy (non-hydrogen) atoms. The Labute approximate surface area is 116 Å². The maximum atomic E-state index is 5.05. The second-order valence-corrected chi connectivity index (χ2v) is 5.29. The molecule has 0 radical (unpaired) electrons. The fourth-order valence-electron chi connectivity index (χ4n) is 2.67. The Bertz CT molecular complexity index is 360. The van der Waals surface area contributed by atoms with Crippen molar-refractivity contribution < 1.29 is 4.74 Å². The first kappa shape index (κ1) is 14.3. The largest absolute Gasteiger partial charge is 0.383 e. The Morgan fingerprint density at radius 1 is 1.37 bits per heavy atom. The third-order valence-corrected chi connectivity index (χ3v) is 3.70. The van der Waals surface area contributed by atoms with Gasteiger partial charge in [-0.3, -0.25) is 0 Å². The van der Waals surface area contributed by atoms with Crippen LogP contribution in [0.15, 0.2) is 12.4 Å². The zero-order valence-corrected chi connectivity index (χ0v) is 12.1. The van der Waals surface area contributed by atoms with Gasteiger partial charge in [0.2, 0.25) is 5.95 Å². The lowest BCUT2D eigenvalue weighted by atomic mass is 10.1. The molecule has 2 heterocycles. The van der Waals surface area contributed by atoms with Crippen LogP contribution >= 0.6 is 0 Å². The molecule has 1 fully saturated rings. The van der Waals surface area contributed by atoms with Crippen molar-refractivity contribution >= 4 is 5.95 Å². The van der Waals surface area contributed by atoms with Crippen LogP contribution in [-0.2, 0) is 4.74 Å². The molecule has 5 heteroatoms. The standard InChI is InChI=1S/C14H26N4O/c1-13(12-17-8-4-3-5-9-17)18-10-6-15-14(18)16-7-11-19-2/h6,10,13H,3-5,7-9,11-12H2,1-2H3,(H,15,16). The molecule has 2 rings (SSSR count). The van der Waals surface area contributed by atoms with Gasteiger partial charge in [0.15, 0.2) is 0 Å². The summed E-state index contributed by atoms with van der Waals surface area (Å²) in [5, 5.41) is 3.32. The van der Waals surface area contributed by atoms with Gasteiger partial charge in [-0.1, -0.05) is 6.42 Å². The highest BCUT2D eigenvalue weighted by atomic mass is 16.5. The van der Waals surface area contributed by atoms with E-state index in [0.717, 1.165) is 19.0 Å². The van der Waals surface area contributed by atoms with Crippen molar-refractivity contribution in [2.75, 3.05) is 45.2 Å². The fraction of sp³-hybridized carbons (Fsp3) is 0.786. The smallest absolute Gasteiger partial charge is 0.203 e. The first-order valence-corrected chi connectivity index (χ1v) is 7.29. The second-order valence-electron chi connectivity index (χ2n) is 5.29. The third-order valence-electron chi connectivity index (χ3n) is 3.70. The molecule has 108 valence electrons. The number of likely N-dealkylation sites (tertiary alicyclic amines) is 1. The zero-order valence-electron chi connectivity index (χ0n) is 12.1. The number of hydrogen-bond acceptors (Lipinski definition) is 4. The number of hydrogen-bond donors (Lipinski definition) is 1. The average molecular weight is 266 g/mol. The van der Waals surface area contributed by atoms with Gasteiger partial charge in [0.05, 0.1) is 6.61 Å². The highest BCUT2D eigenvalue weighted by Gasteiger charge is 2.16. The van der Waals surface area contributed by atoms with E-state index in [-0.39, 0.29) is 0 Å². The summed E-state index contributed by atoms with van der Waals surface area (Å²) in [6.45, 7) is 7.35. The van der Waals surface area contributed by atoms with Crippen LogP contribution < -0.4 is 5.32 Å². The van der Waals surface area contributed by atoms with E-state index in [1.165, 1.54) is 32.4 Å². The molecule has 0 bridgehead atoms. The number of nitrogens with zero attached hydrogens (tertiary/aromatic N) is 3. The highest BCUT2D eigenvalue weighted by Crippen LogP contribution is 2.17. The molecule has 1 aliphatic rings. The summed E-state index contributed by atoms with van der Waals surface area (Å²) in [6.07, 6.45) is 8.00. The summed E-state index contributed by atoms with van der Waals surface area (Å²) in [5.74, 6) is 0.946. The molecule has 0 spiro atoms. The topological polar surface area (TPSA) is 42.3 Å². The maximum Gasteiger partial charge on any atom is 0.203 e. The van der Waals surface area contributed by atoms with E-state index in [1.54, 1.807) is 7.11 Å². The number of imidazole rings is 1. The van der Waals surface area contributed by atoms with Gasteiger partial charge in [-0.25, -0.2) is 4.98 Å². The maximum absolute atomic E-state index is 5.05. The van der Waals surface area contributed by atoms with Gasteiger partial charge in [-0.15, -0.1) is 0 Å². The first-order valence-electron chi connectivity index (χ1n) is 7.29. The van der Waals surface area contributed by atoms with E-state index in [1.807, 2.05) is 6.20 Å². The molecule has 1 saturated heterocycles. The van der Waals surface area contributed by atoms with Crippen molar-refractivity contribution in [3.63, 3.8) is 0 Å². The average Bonchev–Trinajstić information content (AvgIpc) is 2.89. The quantitative estimate of drug-likeness (QED) is 0.766. The van der Waals surface area contributed by atoms with Crippen molar-refractivity contribution in [1.82, 2.24) is 14.5 Å². The summed E-state index contributed by atoms with van der Waals surface area (Å²) in [6, 6.07) is 0.450. The molecule has 0 saturated carbocycles. The van der Waals surface area contributed by atoms with Gasteiger partial charge in [0.1, 0.15) is 0 Å². The predicted octanol–water partition coefficient (Wildman–Crippen LogP) is 1.99. The molecular weight excluding hydrogens is 240 g/mol. The van der Waals surface area contributed by atoms with Crippen molar-refractivity contribution in [3.8, 4) is 0 Å². The molecule has 1 unspecified atom stereocenters. The minimum atomic E-state index is 0.450. The Hall–Kier alpha value is -1.07. The summed E-state index contributed by atoms with van der Waals surface area (Å²) in [4.78, 5) is 6.94. The Balaban J connectivity index is 1.87. The van der Waals surface area contributed by atoms with Gasteiger partial charge in [0, 0.05) is 38.6 Å². The third kappa shape index (κ3) is 4.21. The van der Waals surface area contributed by atoms with Crippen molar-refractivity contribution in [1.29, 1.82) is 0 Å². The molecule has 0 amide bonds. The molecule has 5 nitrogen and oxygen atoms in total. The van der Waals surface area contributed by atoms with Crippen LogP contribution in [0.5, 0.6) is 0 Å². The van der Waals surface area contributed by atoms with E-state index >= 15 is 0 Å². The van der Waals surface area contributed by atoms with E-state index in [2.05, 4.69) is 32.9 Å². The Kier molecular flexibility index (Phi) is 5.66. The van der Waals surface area contributed by atoms with E-state index < -0.39 is 0 Å². The highest BCUT2D eigenvalue weighted by molar-refractivity contribution is 5.26. The van der Waals surface area contributed by atoms with Crippen LogP contribution in [0.25, 0.3) is 0 Å². The summed E-state index contributed by atoms with van der Waals surface area (Å²) in [5.41, 5.74) is 0. The molecule has 1 aromatic rings. The van der Waals surface area contributed by atoms with E-state index in [0.29, 0.717) is 12.6 Å². The van der Waals surface area contributed by atoms with Crippen LogP contribution in [-0.4, -0.2) is 54.3 Å². The molecule has 1 aliphatic heterocycles. The van der Waals surface area contributed by atoms with Crippen LogP contribution in [0.4, 0.5) is 5.95 Å². The van der Waals surface area contributed by atoms with Crippen molar-refractivity contribution in [3.05, 3.63) is 12.4 Å². The van der Waals surface area contributed by atoms with E-state index in [4.69, 9.17) is 4.74 Å². The lowest BCUT2D eigenvalue weighted by Crippen LogP contribution is -2.34. The number of anilines is 1. The van der Waals surface area contributed by atoms with E-state index in [9.17, 15) is 0 Å². The number of rotatable bonds is 7. The van der Waals surface area contributed by atoms with Gasteiger partial charge in [0.25, 0.3) is 0 Å². The Morgan fingerprint density at radius 2 is 2.16 bits per heavy atom. The minimum absolute atomic E-state index is 0.450. The van der Waals surface area contributed by atoms with Gasteiger partial charge in [-0.2, -0.15) is 0 Å². The first-order chi connectivity index (χ1) is 9.31. The monoisotopic (exact) mass is 266 g/mol.